The van der Waals surface area contributed by atoms with Gasteiger partial charge in [0.2, 0.25) is 15.9 Å². The van der Waals surface area contributed by atoms with E-state index in [1.165, 1.54) is 4.31 Å². The van der Waals surface area contributed by atoms with Crippen LogP contribution in [-0.4, -0.2) is 43.2 Å². The number of carbonyl (C=O) groups excluding carboxylic acids is 1. The van der Waals surface area contributed by atoms with Crippen molar-refractivity contribution in [3.05, 3.63) is 59.9 Å². The fourth-order valence-corrected chi connectivity index (χ4v) is 4.22. The van der Waals surface area contributed by atoms with E-state index in [9.17, 15) is 13.2 Å². The standard InChI is InChI=1S/C20H27N3O3S/c1-3-23(4-2)27(25,26)19-11-8-17(9-12-19)10-13-20(24)22-16-14-18-7-5-6-15-21-18/h5-9,11-12,15H,3-4,10,13-14,16H2,1-2H3,(H,22,24). The lowest BCUT2D eigenvalue weighted by Crippen LogP contribution is -2.30. The molecule has 146 valence electrons. The minimum Gasteiger partial charge on any atom is -0.356 e. The maximum Gasteiger partial charge on any atom is 0.243 e. The van der Waals surface area contributed by atoms with E-state index in [0.717, 1.165) is 11.3 Å². The van der Waals surface area contributed by atoms with Gasteiger partial charge in [-0.2, -0.15) is 4.31 Å². The molecule has 1 N–H and O–H groups in total. The molecular weight excluding hydrogens is 362 g/mol. The van der Waals surface area contributed by atoms with E-state index in [1.54, 1.807) is 30.5 Å². The van der Waals surface area contributed by atoms with Gasteiger partial charge in [0.15, 0.2) is 0 Å². The molecule has 0 spiro atoms. The molecular formula is C20H27N3O3S. The van der Waals surface area contributed by atoms with Crippen molar-refractivity contribution in [2.45, 2.75) is 38.0 Å². The van der Waals surface area contributed by atoms with Gasteiger partial charge in [-0.15, -0.1) is 0 Å². The van der Waals surface area contributed by atoms with Gasteiger partial charge in [0.1, 0.15) is 0 Å². The van der Waals surface area contributed by atoms with Crippen molar-refractivity contribution in [1.29, 1.82) is 0 Å². The quantitative estimate of drug-likeness (QED) is 0.677. The van der Waals surface area contributed by atoms with E-state index in [1.807, 2.05) is 32.0 Å². The zero-order valence-corrected chi connectivity index (χ0v) is 16.7. The molecule has 27 heavy (non-hydrogen) atoms. The summed E-state index contributed by atoms with van der Waals surface area (Å²) >= 11 is 0. The lowest BCUT2D eigenvalue weighted by Gasteiger charge is -2.18. The number of benzene rings is 1. The van der Waals surface area contributed by atoms with E-state index in [4.69, 9.17) is 0 Å². The number of pyridine rings is 1. The summed E-state index contributed by atoms with van der Waals surface area (Å²) in [5, 5.41) is 2.89. The molecule has 0 aliphatic rings. The third-order valence-electron chi connectivity index (χ3n) is 4.34. The summed E-state index contributed by atoms with van der Waals surface area (Å²) in [5.74, 6) is -0.0224. The molecule has 0 bridgehead atoms. The highest BCUT2D eigenvalue weighted by Gasteiger charge is 2.21. The summed E-state index contributed by atoms with van der Waals surface area (Å²) in [7, 11) is -3.44. The zero-order valence-electron chi connectivity index (χ0n) is 15.9. The Hall–Kier alpha value is -2.25. The van der Waals surface area contributed by atoms with Crippen molar-refractivity contribution in [2.75, 3.05) is 19.6 Å². The zero-order chi connectivity index (χ0) is 19.7. The number of hydrogen-bond donors (Lipinski definition) is 1. The topological polar surface area (TPSA) is 79.4 Å². The Labute approximate surface area is 161 Å². The van der Waals surface area contributed by atoms with Crippen molar-refractivity contribution >= 4 is 15.9 Å². The average Bonchev–Trinajstić information content (AvgIpc) is 2.68. The van der Waals surface area contributed by atoms with Crippen LogP contribution in [0.4, 0.5) is 0 Å². The van der Waals surface area contributed by atoms with Crippen molar-refractivity contribution in [2.24, 2.45) is 0 Å². The maximum atomic E-state index is 12.5. The molecule has 7 heteroatoms. The molecule has 1 heterocycles. The Morgan fingerprint density at radius 2 is 1.74 bits per heavy atom. The SMILES string of the molecule is CCN(CC)S(=O)(=O)c1ccc(CCC(=O)NCCc2ccccn2)cc1. The first kappa shape index (κ1) is 21.1. The van der Waals surface area contributed by atoms with Crippen LogP contribution in [0.15, 0.2) is 53.6 Å². The third kappa shape index (κ3) is 6.15. The highest BCUT2D eigenvalue weighted by molar-refractivity contribution is 7.89. The van der Waals surface area contributed by atoms with Gasteiger partial charge in [0.05, 0.1) is 4.90 Å². The summed E-state index contributed by atoms with van der Waals surface area (Å²) in [6.45, 7) is 5.08. The average molecular weight is 390 g/mol. The highest BCUT2D eigenvalue weighted by Crippen LogP contribution is 2.16. The second kappa shape index (κ2) is 10.2. The van der Waals surface area contributed by atoms with Crippen LogP contribution in [0.25, 0.3) is 0 Å². The van der Waals surface area contributed by atoms with Gasteiger partial charge in [-0.3, -0.25) is 9.78 Å². The first-order chi connectivity index (χ1) is 13.0. The number of rotatable bonds is 10. The summed E-state index contributed by atoms with van der Waals surface area (Å²) in [6, 6.07) is 12.5. The lowest BCUT2D eigenvalue weighted by atomic mass is 10.1. The Morgan fingerprint density at radius 1 is 1.04 bits per heavy atom. The molecule has 0 saturated heterocycles. The van der Waals surface area contributed by atoms with Crippen molar-refractivity contribution < 1.29 is 13.2 Å². The lowest BCUT2D eigenvalue weighted by molar-refractivity contribution is -0.121. The maximum absolute atomic E-state index is 12.5. The predicted octanol–water partition coefficient (Wildman–Crippen LogP) is 2.40. The fraction of sp³-hybridized carbons (Fsp3) is 0.400. The number of hydrogen-bond acceptors (Lipinski definition) is 4. The third-order valence-corrected chi connectivity index (χ3v) is 6.40. The van der Waals surface area contributed by atoms with Crippen molar-refractivity contribution in [1.82, 2.24) is 14.6 Å². The monoisotopic (exact) mass is 389 g/mol. The highest BCUT2D eigenvalue weighted by atomic mass is 32.2. The predicted molar refractivity (Wildman–Crippen MR) is 106 cm³/mol. The van der Waals surface area contributed by atoms with E-state index in [2.05, 4.69) is 10.3 Å². The molecule has 6 nitrogen and oxygen atoms in total. The summed E-state index contributed by atoms with van der Waals surface area (Å²) in [5.41, 5.74) is 1.89. The van der Waals surface area contributed by atoms with Gasteiger partial charge < -0.3 is 5.32 Å². The number of aromatic nitrogens is 1. The Bertz CT molecular complexity index is 817. The number of nitrogens with zero attached hydrogens (tertiary/aromatic N) is 2. The molecule has 2 aromatic rings. The summed E-state index contributed by atoms with van der Waals surface area (Å²) in [6.07, 6.45) is 3.37. The Kier molecular flexibility index (Phi) is 7.94. The number of aryl methyl sites for hydroxylation is 1. The fourth-order valence-electron chi connectivity index (χ4n) is 2.76. The molecule has 0 unspecified atom stereocenters. The van der Waals surface area contributed by atoms with Crippen LogP contribution >= 0.6 is 0 Å². The van der Waals surface area contributed by atoms with Crippen LogP contribution in [0.3, 0.4) is 0 Å². The van der Waals surface area contributed by atoms with Gasteiger partial charge in [0, 0.05) is 44.4 Å². The molecule has 0 fully saturated rings. The van der Waals surface area contributed by atoms with Gasteiger partial charge in [0.25, 0.3) is 0 Å². The summed E-state index contributed by atoms with van der Waals surface area (Å²) in [4.78, 5) is 16.5. The number of amides is 1. The van der Waals surface area contributed by atoms with Gasteiger partial charge >= 0.3 is 0 Å². The number of carbonyl (C=O) groups is 1. The Morgan fingerprint density at radius 3 is 2.33 bits per heavy atom. The molecule has 0 aliphatic carbocycles. The van der Waals surface area contributed by atoms with Crippen molar-refractivity contribution in [3.63, 3.8) is 0 Å². The first-order valence-corrected chi connectivity index (χ1v) is 10.7. The van der Waals surface area contributed by atoms with Crippen molar-refractivity contribution in [3.8, 4) is 0 Å². The number of sulfonamides is 1. The summed E-state index contributed by atoms with van der Waals surface area (Å²) < 4.78 is 26.4. The van der Waals surface area contributed by atoms with Gasteiger partial charge in [-0.1, -0.05) is 32.0 Å². The van der Waals surface area contributed by atoms with Crippen LogP contribution in [0.1, 0.15) is 31.5 Å². The molecule has 1 aromatic carbocycles. The van der Waals surface area contributed by atoms with Gasteiger partial charge in [-0.05, 0) is 36.2 Å². The minimum absolute atomic E-state index is 0.0224. The van der Waals surface area contributed by atoms with Gasteiger partial charge in [-0.25, -0.2) is 8.42 Å². The molecule has 0 atom stereocenters. The largest absolute Gasteiger partial charge is 0.356 e. The molecule has 1 amide bonds. The smallest absolute Gasteiger partial charge is 0.243 e. The van der Waals surface area contributed by atoms with E-state index in [0.29, 0.717) is 38.9 Å². The van der Waals surface area contributed by atoms with E-state index < -0.39 is 10.0 Å². The number of nitrogens with one attached hydrogen (secondary N) is 1. The van der Waals surface area contributed by atoms with Crippen LogP contribution in [0.5, 0.6) is 0 Å². The molecule has 2 rings (SSSR count). The molecule has 1 aromatic heterocycles. The van der Waals surface area contributed by atoms with E-state index in [-0.39, 0.29) is 10.8 Å². The van der Waals surface area contributed by atoms with Crippen LogP contribution in [0, 0.1) is 0 Å². The van der Waals surface area contributed by atoms with Crippen LogP contribution in [-0.2, 0) is 27.7 Å². The molecule has 0 aliphatic heterocycles. The second-order valence-electron chi connectivity index (χ2n) is 6.15. The second-order valence-corrected chi connectivity index (χ2v) is 8.09. The van der Waals surface area contributed by atoms with E-state index >= 15 is 0 Å². The molecule has 0 saturated carbocycles. The minimum atomic E-state index is -3.44. The van der Waals surface area contributed by atoms with Crippen LogP contribution < -0.4 is 5.32 Å². The normalized spacial score (nSPS) is 11.5. The molecule has 0 radical (unpaired) electrons. The van der Waals surface area contributed by atoms with Crippen LogP contribution in [0.2, 0.25) is 0 Å². The Balaban J connectivity index is 1.81. The first-order valence-electron chi connectivity index (χ1n) is 9.23.